The lowest BCUT2D eigenvalue weighted by molar-refractivity contribution is 0.325. The maximum Gasteiger partial charge on any atom is 0.000750 e. The lowest BCUT2D eigenvalue weighted by Gasteiger charge is -2.13. The number of likely N-dealkylation sites (tertiary alicyclic amines) is 1. The van der Waals surface area contributed by atoms with E-state index >= 15 is 0 Å². The van der Waals surface area contributed by atoms with E-state index in [1.165, 1.54) is 26.1 Å². The van der Waals surface area contributed by atoms with Crippen LogP contribution in [0.3, 0.4) is 0 Å². The second kappa shape index (κ2) is 8.11. The lowest BCUT2D eigenvalue weighted by Crippen LogP contribution is -2.23. The molecule has 0 spiro atoms. The van der Waals surface area contributed by atoms with Crippen LogP contribution in [0, 0.1) is 5.92 Å². The first-order valence-corrected chi connectivity index (χ1v) is 4.25. The molecule has 1 rings (SSSR count). The highest BCUT2D eigenvalue weighted by molar-refractivity contribution is 5.85. The van der Waals surface area contributed by atoms with Crippen LogP contribution >= 0.6 is 24.8 Å². The number of hydrogen-bond donors (Lipinski definition) is 1. The fourth-order valence-electron chi connectivity index (χ4n) is 1.54. The van der Waals surface area contributed by atoms with E-state index in [2.05, 4.69) is 11.8 Å². The SMILES string of the molecule is CC1CCN(CCCN)C1.Cl.Cl. The molecule has 12 heavy (non-hydrogen) atoms. The first-order chi connectivity index (χ1) is 4.83. The Labute approximate surface area is 87.7 Å². The molecule has 4 heteroatoms. The molecule has 0 aromatic heterocycles. The second-order valence-corrected chi connectivity index (χ2v) is 3.34. The fourth-order valence-corrected chi connectivity index (χ4v) is 1.54. The Hall–Kier alpha value is 0.500. The fraction of sp³-hybridized carbons (Fsp3) is 1.00. The van der Waals surface area contributed by atoms with Gasteiger partial charge in [0.2, 0.25) is 0 Å². The summed E-state index contributed by atoms with van der Waals surface area (Å²) < 4.78 is 0. The van der Waals surface area contributed by atoms with Crippen LogP contribution in [0.2, 0.25) is 0 Å². The van der Waals surface area contributed by atoms with Crippen LogP contribution in [-0.4, -0.2) is 31.1 Å². The Balaban J connectivity index is 0. The smallest absolute Gasteiger partial charge is 0.000750 e. The maximum atomic E-state index is 5.41. The maximum absolute atomic E-state index is 5.41. The first-order valence-electron chi connectivity index (χ1n) is 4.25. The van der Waals surface area contributed by atoms with Crippen LogP contribution in [0.15, 0.2) is 0 Å². The molecule has 1 atom stereocenters. The highest BCUT2D eigenvalue weighted by Crippen LogP contribution is 2.14. The molecule has 1 saturated heterocycles. The second-order valence-electron chi connectivity index (χ2n) is 3.34. The third-order valence-corrected chi connectivity index (χ3v) is 2.19. The summed E-state index contributed by atoms with van der Waals surface area (Å²) in [5.41, 5.74) is 5.41. The molecule has 1 fully saturated rings. The van der Waals surface area contributed by atoms with E-state index in [-0.39, 0.29) is 24.8 Å². The minimum Gasteiger partial charge on any atom is -0.330 e. The Morgan fingerprint density at radius 2 is 2.08 bits per heavy atom. The van der Waals surface area contributed by atoms with Gasteiger partial charge >= 0.3 is 0 Å². The van der Waals surface area contributed by atoms with Crippen molar-refractivity contribution in [3.8, 4) is 0 Å². The van der Waals surface area contributed by atoms with Crippen molar-refractivity contribution in [2.24, 2.45) is 11.7 Å². The Morgan fingerprint density at radius 1 is 1.42 bits per heavy atom. The third-order valence-electron chi connectivity index (χ3n) is 2.19. The minimum absolute atomic E-state index is 0. The summed E-state index contributed by atoms with van der Waals surface area (Å²) in [5, 5.41) is 0. The van der Waals surface area contributed by atoms with E-state index in [4.69, 9.17) is 5.73 Å². The zero-order valence-electron chi connectivity index (χ0n) is 7.66. The van der Waals surface area contributed by atoms with Gasteiger partial charge in [0, 0.05) is 6.54 Å². The highest BCUT2D eigenvalue weighted by Gasteiger charge is 2.16. The van der Waals surface area contributed by atoms with Gasteiger partial charge in [-0.25, -0.2) is 0 Å². The standard InChI is InChI=1S/C8H18N2.2ClH/c1-8-3-6-10(7-8)5-2-4-9;;/h8H,2-7,9H2,1H3;2*1H. The summed E-state index contributed by atoms with van der Waals surface area (Å²) in [7, 11) is 0. The molecule has 0 saturated carbocycles. The van der Waals surface area contributed by atoms with Crippen molar-refractivity contribution in [3.63, 3.8) is 0 Å². The average molecular weight is 215 g/mol. The summed E-state index contributed by atoms with van der Waals surface area (Å²) >= 11 is 0. The Kier molecular flexibility index (Phi) is 10.1. The minimum atomic E-state index is 0. The van der Waals surface area contributed by atoms with Crippen molar-refractivity contribution < 1.29 is 0 Å². The largest absolute Gasteiger partial charge is 0.330 e. The van der Waals surface area contributed by atoms with Crippen LogP contribution in [-0.2, 0) is 0 Å². The van der Waals surface area contributed by atoms with E-state index in [0.29, 0.717) is 0 Å². The molecule has 0 aromatic rings. The molecular weight excluding hydrogens is 195 g/mol. The van der Waals surface area contributed by atoms with Crippen LogP contribution < -0.4 is 5.73 Å². The topological polar surface area (TPSA) is 29.3 Å². The molecule has 1 heterocycles. The molecule has 2 N–H and O–H groups in total. The quantitative estimate of drug-likeness (QED) is 0.773. The number of nitrogens with zero attached hydrogens (tertiary/aromatic N) is 1. The molecule has 0 amide bonds. The monoisotopic (exact) mass is 214 g/mol. The molecule has 1 aliphatic heterocycles. The zero-order valence-corrected chi connectivity index (χ0v) is 9.29. The summed E-state index contributed by atoms with van der Waals surface area (Å²) in [6.07, 6.45) is 2.54. The van der Waals surface area contributed by atoms with Crippen molar-refractivity contribution in [1.29, 1.82) is 0 Å². The van der Waals surface area contributed by atoms with Crippen molar-refractivity contribution in [3.05, 3.63) is 0 Å². The molecule has 0 bridgehead atoms. The van der Waals surface area contributed by atoms with E-state index in [9.17, 15) is 0 Å². The normalized spacial score (nSPS) is 23.0. The van der Waals surface area contributed by atoms with Gasteiger partial charge in [-0.05, 0) is 38.4 Å². The molecule has 1 aliphatic rings. The average Bonchev–Trinajstić information content (AvgIpc) is 2.31. The highest BCUT2D eigenvalue weighted by atomic mass is 35.5. The number of hydrogen-bond acceptors (Lipinski definition) is 2. The molecule has 2 nitrogen and oxygen atoms in total. The van der Waals surface area contributed by atoms with Gasteiger partial charge in [0.25, 0.3) is 0 Å². The van der Waals surface area contributed by atoms with Gasteiger partial charge in [-0.2, -0.15) is 0 Å². The van der Waals surface area contributed by atoms with Gasteiger partial charge in [0.1, 0.15) is 0 Å². The molecule has 1 unspecified atom stereocenters. The van der Waals surface area contributed by atoms with Gasteiger partial charge < -0.3 is 10.6 Å². The van der Waals surface area contributed by atoms with Crippen LogP contribution in [0.25, 0.3) is 0 Å². The van der Waals surface area contributed by atoms with Crippen molar-refractivity contribution in [1.82, 2.24) is 4.90 Å². The van der Waals surface area contributed by atoms with Crippen LogP contribution in [0.1, 0.15) is 19.8 Å². The summed E-state index contributed by atoms with van der Waals surface area (Å²) in [5.74, 6) is 0.915. The van der Waals surface area contributed by atoms with Gasteiger partial charge in [-0.3, -0.25) is 0 Å². The van der Waals surface area contributed by atoms with E-state index in [0.717, 1.165) is 18.9 Å². The molecule has 0 radical (unpaired) electrons. The van der Waals surface area contributed by atoms with Gasteiger partial charge in [-0.1, -0.05) is 6.92 Å². The number of rotatable bonds is 3. The predicted molar refractivity (Wildman–Crippen MR) is 58.4 cm³/mol. The van der Waals surface area contributed by atoms with Crippen molar-refractivity contribution in [2.45, 2.75) is 19.8 Å². The Morgan fingerprint density at radius 3 is 2.50 bits per heavy atom. The summed E-state index contributed by atoms with van der Waals surface area (Å²) in [4.78, 5) is 2.51. The first kappa shape index (κ1) is 15.0. The number of halogens is 2. The molecular formula is C8H20Cl2N2. The molecule has 0 aliphatic carbocycles. The van der Waals surface area contributed by atoms with Gasteiger partial charge in [-0.15, -0.1) is 24.8 Å². The Bertz CT molecular complexity index is 101. The summed E-state index contributed by atoms with van der Waals surface area (Å²) in [6, 6.07) is 0. The molecule has 76 valence electrons. The number of nitrogens with two attached hydrogens (primary N) is 1. The van der Waals surface area contributed by atoms with E-state index < -0.39 is 0 Å². The molecule has 0 aromatic carbocycles. The third kappa shape index (κ3) is 5.20. The zero-order chi connectivity index (χ0) is 7.40. The van der Waals surface area contributed by atoms with E-state index in [1.807, 2.05) is 0 Å². The van der Waals surface area contributed by atoms with Crippen molar-refractivity contribution >= 4 is 24.8 Å². The van der Waals surface area contributed by atoms with Gasteiger partial charge in [0.05, 0.1) is 0 Å². The predicted octanol–water partition coefficient (Wildman–Crippen LogP) is 1.52. The van der Waals surface area contributed by atoms with Crippen molar-refractivity contribution in [2.75, 3.05) is 26.2 Å². The van der Waals surface area contributed by atoms with E-state index in [1.54, 1.807) is 0 Å². The van der Waals surface area contributed by atoms with Crippen LogP contribution in [0.4, 0.5) is 0 Å². The lowest BCUT2D eigenvalue weighted by atomic mass is 10.2. The van der Waals surface area contributed by atoms with Gasteiger partial charge in [0.15, 0.2) is 0 Å². The summed E-state index contributed by atoms with van der Waals surface area (Å²) in [6.45, 7) is 6.95. The van der Waals surface area contributed by atoms with Crippen LogP contribution in [0.5, 0.6) is 0 Å².